The van der Waals surface area contributed by atoms with Crippen LogP contribution in [0.2, 0.25) is 36.3 Å². The highest BCUT2D eigenvalue weighted by Gasteiger charge is 2.47. The predicted octanol–water partition coefficient (Wildman–Crippen LogP) is 10.2. The molecule has 0 bridgehead atoms. The smallest absolute Gasteiger partial charge is 0.347 e. The molecule has 1 unspecified atom stereocenters. The van der Waals surface area contributed by atoms with Gasteiger partial charge in [0.25, 0.3) is 0 Å². The molecular weight excluding hydrogens is 661 g/mol. The largest absolute Gasteiger partial charge is 0.479 e. The van der Waals surface area contributed by atoms with Crippen LogP contribution in [0.1, 0.15) is 100 Å². The SMILES string of the molecule is CCCC(Oc1ccccc1)C(=O)O[C@H]1C[C@H](O[Si](C)(C)C(C)(C)C)C=C2C=C[C@H](C)[C@H](CC[C@@H]3C[C@@H](O[Si](C)(C)C(C)(C)C)CC(=O)O3)[C@H]21. The van der Waals surface area contributed by atoms with Crippen LogP contribution in [0.4, 0.5) is 0 Å². The first-order valence-electron chi connectivity index (χ1n) is 19.1. The highest BCUT2D eigenvalue weighted by molar-refractivity contribution is 6.74. The number of fused-ring (bicyclic) bond motifs is 1. The van der Waals surface area contributed by atoms with E-state index in [0.29, 0.717) is 25.0 Å². The molecule has 3 aliphatic rings. The third-order valence-electron chi connectivity index (χ3n) is 12.0. The summed E-state index contributed by atoms with van der Waals surface area (Å²) in [6.07, 6.45) is 9.90. The number of allylic oxidation sites excluding steroid dienone is 2. The van der Waals surface area contributed by atoms with E-state index in [0.717, 1.165) is 25.7 Å². The Balaban J connectivity index is 1.57. The van der Waals surface area contributed by atoms with Gasteiger partial charge in [0, 0.05) is 18.8 Å². The minimum atomic E-state index is -2.11. The molecule has 9 heteroatoms. The standard InChI is InChI=1S/C41H66O7Si2/c1-13-17-35(44-30-18-15-14-16-19-30)39(43)46-36-26-32(47-49(9,10)40(3,4)5)24-29-21-20-28(2)34(38(29)36)23-22-31-25-33(27-37(42)45-31)48-50(11,12)41(6,7)8/h14-16,18-21,24,28,31-36,38H,13,17,22-23,25-27H2,1-12H3/t28-,31+,32+,33+,34-,35?,36-,38-/m0/s1. The maximum absolute atomic E-state index is 14.0. The van der Waals surface area contributed by atoms with Gasteiger partial charge in [-0.2, -0.15) is 0 Å². The molecule has 280 valence electrons. The zero-order valence-electron chi connectivity index (χ0n) is 33.0. The minimum Gasteiger partial charge on any atom is -0.479 e. The minimum absolute atomic E-state index is 0.00999. The molecule has 7 nitrogen and oxygen atoms in total. The number of benzene rings is 1. The second-order valence-electron chi connectivity index (χ2n) is 18.0. The summed E-state index contributed by atoms with van der Waals surface area (Å²) >= 11 is 0. The number of para-hydroxylation sites is 1. The molecule has 2 aliphatic carbocycles. The first-order chi connectivity index (χ1) is 23.2. The lowest BCUT2D eigenvalue weighted by molar-refractivity contribution is -0.164. The van der Waals surface area contributed by atoms with Crippen molar-refractivity contribution < 1.29 is 32.7 Å². The van der Waals surface area contributed by atoms with Crippen LogP contribution < -0.4 is 4.74 Å². The molecule has 0 amide bonds. The van der Waals surface area contributed by atoms with Crippen molar-refractivity contribution in [2.24, 2.45) is 17.8 Å². The lowest BCUT2D eigenvalue weighted by atomic mass is 9.66. The fraction of sp³-hybridized carbons (Fsp3) is 0.707. The van der Waals surface area contributed by atoms with Gasteiger partial charge >= 0.3 is 11.9 Å². The van der Waals surface area contributed by atoms with E-state index in [1.165, 1.54) is 5.57 Å². The van der Waals surface area contributed by atoms with Crippen LogP contribution in [0.25, 0.3) is 0 Å². The molecule has 0 saturated carbocycles. The first-order valence-corrected chi connectivity index (χ1v) is 24.9. The van der Waals surface area contributed by atoms with Gasteiger partial charge < -0.3 is 23.1 Å². The lowest BCUT2D eigenvalue weighted by Crippen LogP contribution is -2.49. The van der Waals surface area contributed by atoms with Crippen molar-refractivity contribution >= 4 is 28.6 Å². The summed E-state index contributed by atoms with van der Waals surface area (Å²) in [4.78, 5) is 26.8. The van der Waals surface area contributed by atoms with E-state index in [2.05, 4.69) is 99.8 Å². The zero-order chi connectivity index (χ0) is 37.1. The maximum atomic E-state index is 14.0. The highest BCUT2D eigenvalue weighted by atomic mass is 28.4. The Kier molecular flexibility index (Phi) is 13.2. The third-order valence-corrected chi connectivity index (χ3v) is 21.1. The molecule has 1 aliphatic heterocycles. The predicted molar refractivity (Wildman–Crippen MR) is 206 cm³/mol. The molecule has 1 heterocycles. The number of hydrogen-bond donors (Lipinski definition) is 0. The van der Waals surface area contributed by atoms with E-state index in [1.54, 1.807) is 0 Å². The number of cyclic esters (lactones) is 1. The number of carbonyl (C=O) groups is 2. The van der Waals surface area contributed by atoms with Crippen LogP contribution in [-0.4, -0.2) is 59.1 Å². The number of rotatable bonds is 13. The van der Waals surface area contributed by atoms with Gasteiger partial charge in [-0.3, -0.25) is 4.79 Å². The monoisotopic (exact) mass is 726 g/mol. The van der Waals surface area contributed by atoms with Gasteiger partial charge in [0.2, 0.25) is 0 Å². The second kappa shape index (κ2) is 16.2. The van der Waals surface area contributed by atoms with Crippen molar-refractivity contribution in [3.8, 4) is 5.75 Å². The van der Waals surface area contributed by atoms with E-state index in [4.69, 9.17) is 23.1 Å². The average Bonchev–Trinajstić information content (AvgIpc) is 2.99. The normalized spacial score (nSPS) is 28.3. The van der Waals surface area contributed by atoms with Gasteiger partial charge in [0.1, 0.15) is 18.0 Å². The molecular formula is C41H66O7Si2. The van der Waals surface area contributed by atoms with Crippen LogP contribution in [-0.2, 0) is 27.9 Å². The van der Waals surface area contributed by atoms with Gasteiger partial charge in [0.15, 0.2) is 22.7 Å². The van der Waals surface area contributed by atoms with Gasteiger partial charge in [-0.1, -0.05) is 98.2 Å². The number of carbonyl (C=O) groups excluding carboxylic acids is 2. The van der Waals surface area contributed by atoms with Crippen LogP contribution >= 0.6 is 0 Å². The molecule has 0 aromatic heterocycles. The van der Waals surface area contributed by atoms with Crippen molar-refractivity contribution in [3.63, 3.8) is 0 Å². The molecule has 0 N–H and O–H groups in total. The molecule has 8 atom stereocenters. The Labute approximate surface area is 305 Å². The van der Waals surface area contributed by atoms with Gasteiger partial charge in [-0.25, -0.2) is 4.79 Å². The van der Waals surface area contributed by atoms with E-state index < -0.39 is 22.7 Å². The lowest BCUT2D eigenvalue weighted by Gasteiger charge is -2.46. The number of hydrogen-bond acceptors (Lipinski definition) is 7. The van der Waals surface area contributed by atoms with Crippen LogP contribution in [0.3, 0.4) is 0 Å². The van der Waals surface area contributed by atoms with Crippen molar-refractivity contribution in [1.29, 1.82) is 0 Å². The second-order valence-corrected chi connectivity index (χ2v) is 27.6. The van der Waals surface area contributed by atoms with Gasteiger partial charge in [-0.05, 0) is 85.1 Å². The molecule has 1 fully saturated rings. The van der Waals surface area contributed by atoms with Gasteiger partial charge in [0.05, 0.1) is 18.6 Å². The van der Waals surface area contributed by atoms with E-state index in [1.807, 2.05) is 30.3 Å². The molecule has 1 aromatic carbocycles. The Morgan fingerprint density at radius 3 is 2.20 bits per heavy atom. The van der Waals surface area contributed by atoms with Crippen LogP contribution in [0.15, 0.2) is 54.1 Å². The summed E-state index contributed by atoms with van der Waals surface area (Å²) in [5, 5.41) is 0.117. The van der Waals surface area contributed by atoms with Gasteiger partial charge in [-0.15, -0.1) is 0 Å². The van der Waals surface area contributed by atoms with Crippen molar-refractivity contribution in [2.75, 3.05) is 0 Å². The molecule has 0 spiro atoms. The van der Waals surface area contributed by atoms with E-state index in [9.17, 15) is 9.59 Å². The van der Waals surface area contributed by atoms with E-state index >= 15 is 0 Å². The van der Waals surface area contributed by atoms with Crippen molar-refractivity contribution in [2.45, 2.75) is 167 Å². The molecule has 4 rings (SSSR count). The summed E-state index contributed by atoms with van der Waals surface area (Å²) in [6.45, 7) is 26.8. The maximum Gasteiger partial charge on any atom is 0.347 e. The average molecular weight is 727 g/mol. The number of esters is 2. The molecule has 0 radical (unpaired) electrons. The summed E-state index contributed by atoms with van der Waals surface area (Å²) < 4.78 is 32.4. The summed E-state index contributed by atoms with van der Waals surface area (Å²) in [6, 6.07) is 9.52. The zero-order valence-corrected chi connectivity index (χ0v) is 35.0. The fourth-order valence-corrected chi connectivity index (χ4v) is 9.71. The summed E-state index contributed by atoms with van der Waals surface area (Å²) in [5.41, 5.74) is 1.18. The highest BCUT2D eigenvalue weighted by Crippen LogP contribution is 2.47. The topological polar surface area (TPSA) is 80.3 Å². The molecule has 1 aromatic rings. The Morgan fingerprint density at radius 1 is 0.940 bits per heavy atom. The third kappa shape index (κ3) is 10.2. The molecule has 50 heavy (non-hydrogen) atoms. The summed E-state index contributed by atoms with van der Waals surface area (Å²) in [7, 11) is -4.14. The first kappa shape index (κ1) is 40.6. The van der Waals surface area contributed by atoms with E-state index in [-0.39, 0.29) is 64.2 Å². The summed E-state index contributed by atoms with van der Waals surface area (Å²) in [5.74, 6) is 0.658. The van der Waals surface area contributed by atoms with Crippen LogP contribution in [0, 0.1) is 17.8 Å². The van der Waals surface area contributed by atoms with Crippen molar-refractivity contribution in [3.05, 3.63) is 54.1 Å². The molecule has 1 saturated heterocycles. The van der Waals surface area contributed by atoms with Crippen LogP contribution in [0.5, 0.6) is 5.75 Å². The quantitative estimate of drug-likeness (QED) is 0.148. The Morgan fingerprint density at radius 2 is 1.58 bits per heavy atom. The van der Waals surface area contributed by atoms with Crippen molar-refractivity contribution in [1.82, 2.24) is 0 Å². The Bertz CT molecular complexity index is 1360. The number of ether oxygens (including phenoxy) is 3. The fourth-order valence-electron chi connectivity index (χ4n) is 7.07. The Hall–Kier alpha value is -2.21.